The van der Waals surface area contributed by atoms with Crippen molar-refractivity contribution in [3.05, 3.63) is 35.4 Å². The Morgan fingerprint density at radius 1 is 1.20 bits per heavy atom. The van der Waals surface area contributed by atoms with Crippen LogP contribution in [0.3, 0.4) is 0 Å². The van der Waals surface area contributed by atoms with Gasteiger partial charge in [0.05, 0.1) is 0 Å². The van der Waals surface area contributed by atoms with Crippen molar-refractivity contribution in [3.63, 3.8) is 0 Å². The van der Waals surface area contributed by atoms with E-state index >= 15 is 0 Å². The average Bonchev–Trinajstić information content (AvgIpc) is 2.16. The summed E-state index contributed by atoms with van der Waals surface area (Å²) >= 11 is 0. The summed E-state index contributed by atoms with van der Waals surface area (Å²) in [5, 5.41) is 0. The van der Waals surface area contributed by atoms with Crippen molar-refractivity contribution >= 4 is 0 Å². The zero-order chi connectivity index (χ0) is 10.8. The molecule has 0 radical (unpaired) electrons. The molecule has 0 saturated heterocycles. The first-order chi connectivity index (χ1) is 7.22. The van der Waals surface area contributed by atoms with Gasteiger partial charge < -0.3 is 5.73 Å². The molecule has 82 valence electrons. The molecule has 1 aromatic rings. The molecule has 2 N–H and O–H groups in total. The van der Waals surface area contributed by atoms with Crippen molar-refractivity contribution in [1.29, 1.82) is 0 Å². The molecule has 0 spiro atoms. The van der Waals surface area contributed by atoms with Gasteiger partial charge in [0, 0.05) is 12.5 Å². The first-order valence-corrected chi connectivity index (χ1v) is 5.29. The first-order valence-electron chi connectivity index (χ1n) is 5.29. The van der Waals surface area contributed by atoms with Crippen LogP contribution in [0.25, 0.3) is 0 Å². The highest BCUT2D eigenvalue weighted by atomic mass is 19.3. The summed E-state index contributed by atoms with van der Waals surface area (Å²) in [5.74, 6) is -0.384. The van der Waals surface area contributed by atoms with Crippen LogP contribution in [0.5, 0.6) is 0 Å². The molecule has 1 aromatic carbocycles. The number of rotatable bonds is 3. The van der Waals surface area contributed by atoms with E-state index in [2.05, 4.69) is 0 Å². The molecule has 1 nitrogen and oxygen atoms in total. The maximum Gasteiger partial charge on any atom is 0.242 e. The number of hydrogen-bond acceptors (Lipinski definition) is 1. The maximum absolute atomic E-state index is 12.5. The van der Waals surface area contributed by atoms with Crippen molar-refractivity contribution in [3.8, 4) is 0 Å². The molecule has 3 heteroatoms. The smallest absolute Gasteiger partial charge is 0.242 e. The highest BCUT2D eigenvalue weighted by Crippen LogP contribution is 2.45. The second-order valence-electron chi connectivity index (χ2n) is 4.13. The van der Waals surface area contributed by atoms with Crippen LogP contribution in [0, 0.1) is 5.92 Å². The summed E-state index contributed by atoms with van der Waals surface area (Å²) in [6.07, 6.45) is -0.643. The molecule has 2 unspecified atom stereocenters. The molecule has 0 aromatic heterocycles. The normalized spacial score (nSPS) is 25.3. The lowest BCUT2D eigenvalue weighted by Gasteiger charge is -2.36. The summed E-state index contributed by atoms with van der Waals surface area (Å²) in [5.41, 5.74) is 7.56. The Bertz CT molecular complexity index is 321. The van der Waals surface area contributed by atoms with Gasteiger partial charge in [-0.15, -0.1) is 0 Å². The van der Waals surface area contributed by atoms with Crippen LogP contribution in [0.1, 0.15) is 29.9 Å². The van der Waals surface area contributed by atoms with Crippen LogP contribution >= 0.6 is 0 Å². The summed E-state index contributed by atoms with van der Waals surface area (Å²) in [7, 11) is 0. The minimum Gasteiger partial charge on any atom is -0.326 e. The fourth-order valence-electron chi connectivity index (χ4n) is 2.14. The van der Waals surface area contributed by atoms with E-state index in [9.17, 15) is 8.78 Å². The van der Waals surface area contributed by atoms with E-state index in [4.69, 9.17) is 5.73 Å². The molecule has 1 aliphatic carbocycles. The van der Waals surface area contributed by atoms with Gasteiger partial charge in [0.2, 0.25) is 6.43 Å². The number of nitrogens with two attached hydrogens (primary N) is 1. The van der Waals surface area contributed by atoms with Gasteiger partial charge in [-0.05, 0) is 29.9 Å². The van der Waals surface area contributed by atoms with Gasteiger partial charge in [-0.3, -0.25) is 0 Å². The largest absolute Gasteiger partial charge is 0.326 e. The van der Waals surface area contributed by atoms with Crippen molar-refractivity contribution in [1.82, 2.24) is 0 Å². The minimum atomic E-state index is -2.18. The molecule has 2 atom stereocenters. The first kappa shape index (κ1) is 10.6. The van der Waals surface area contributed by atoms with Crippen molar-refractivity contribution in [2.75, 3.05) is 0 Å². The Morgan fingerprint density at radius 2 is 1.87 bits per heavy atom. The molecular formula is C12H15F2N. The van der Waals surface area contributed by atoms with Gasteiger partial charge in [-0.25, -0.2) is 8.78 Å². The van der Waals surface area contributed by atoms with Crippen molar-refractivity contribution < 1.29 is 8.78 Å². The predicted octanol–water partition coefficient (Wildman–Crippen LogP) is 2.90. The van der Waals surface area contributed by atoms with Gasteiger partial charge >= 0.3 is 0 Å². The van der Waals surface area contributed by atoms with E-state index in [-0.39, 0.29) is 5.92 Å². The van der Waals surface area contributed by atoms with Crippen LogP contribution in [0.4, 0.5) is 8.78 Å². The molecule has 0 aliphatic heterocycles. The van der Waals surface area contributed by atoms with E-state index in [1.807, 2.05) is 24.3 Å². The van der Waals surface area contributed by atoms with Gasteiger partial charge in [0.15, 0.2) is 0 Å². The lowest BCUT2D eigenvalue weighted by atomic mass is 9.70. The van der Waals surface area contributed by atoms with Gasteiger partial charge in [-0.1, -0.05) is 24.3 Å². The van der Waals surface area contributed by atoms with Crippen molar-refractivity contribution in [2.24, 2.45) is 11.7 Å². The Hall–Kier alpha value is -0.960. The molecular weight excluding hydrogens is 196 g/mol. The van der Waals surface area contributed by atoms with Crippen LogP contribution in [0.2, 0.25) is 0 Å². The molecule has 0 bridgehead atoms. The zero-order valence-electron chi connectivity index (χ0n) is 8.50. The van der Waals surface area contributed by atoms with Crippen LogP contribution < -0.4 is 5.73 Å². The minimum absolute atomic E-state index is 0.0526. The predicted molar refractivity (Wildman–Crippen MR) is 55.8 cm³/mol. The van der Waals surface area contributed by atoms with E-state index in [1.54, 1.807) is 0 Å². The van der Waals surface area contributed by atoms with Crippen LogP contribution in [-0.2, 0) is 6.54 Å². The molecule has 2 rings (SSSR count). The van der Waals surface area contributed by atoms with E-state index in [0.29, 0.717) is 13.0 Å². The molecule has 1 fully saturated rings. The molecule has 0 amide bonds. The fourth-order valence-corrected chi connectivity index (χ4v) is 2.14. The monoisotopic (exact) mass is 211 g/mol. The van der Waals surface area contributed by atoms with E-state index < -0.39 is 12.3 Å². The van der Waals surface area contributed by atoms with Crippen LogP contribution in [-0.4, -0.2) is 6.43 Å². The van der Waals surface area contributed by atoms with Crippen LogP contribution in [0.15, 0.2) is 24.3 Å². The van der Waals surface area contributed by atoms with Crippen molar-refractivity contribution in [2.45, 2.75) is 31.7 Å². The highest BCUT2D eigenvalue weighted by Gasteiger charge is 2.38. The molecule has 15 heavy (non-hydrogen) atoms. The molecule has 1 saturated carbocycles. The second-order valence-corrected chi connectivity index (χ2v) is 4.13. The third kappa shape index (κ3) is 2.02. The Labute approximate surface area is 88.3 Å². The number of hydrogen-bond donors (Lipinski definition) is 1. The second kappa shape index (κ2) is 4.27. The quantitative estimate of drug-likeness (QED) is 0.817. The molecule has 0 heterocycles. The van der Waals surface area contributed by atoms with Gasteiger partial charge in [-0.2, -0.15) is 0 Å². The lowest BCUT2D eigenvalue weighted by molar-refractivity contribution is 0.0168. The number of alkyl halides is 2. The third-order valence-electron chi connectivity index (χ3n) is 3.30. The van der Waals surface area contributed by atoms with E-state index in [0.717, 1.165) is 17.5 Å². The average molecular weight is 211 g/mol. The third-order valence-corrected chi connectivity index (χ3v) is 3.30. The maximum atomic E-state index is 12.5. The SMILES string of the molecule is NCc1ccc(C2CCC2C(F)F)cc1. The Morgan fingerprint density at radius 3 is 2.27 bits per heavy atom. The topological polar surface area (TPSA) is 26.0 Å². The highest BCUT2D eigenvalue weighted by molar-refractivity contribution is 5.27. The number of benzene rings is 1. The summed E-state index contributed by atoms with van der Waals surface area (Å²) < 4.78 is 25.1. The van der Waals surface area contributed by atoms with Gasteiger partial charge in [0.25, 0.3) is 0 Å². The summed E-state index contributed by atoms with van der Waals surface area (Å²) in [6, 6.07) is 7.72. The zero-order valence-corrected chi connectivity index (χ0v) is 8.50. The standard InChI is InChI=1S/C12H15F2N/c13-12(14)11-6-5-10(11)9-3-1-8(7-15)2-4-9/h1-4,10-12H,5-7,15H2. The van der Waals surface area contributed by atoms with E-state index in [1.165, 1.54) is 0 Å². The Balaban J connectivity index is 2.09. The Kier molecular flexibility index (Phi) is 3.00. The van der Waals surface area contributed by atoms with Gasteiger partial charge in [0.1, 0.15) is 0 Å². The summed E-state index contributed by atoms with van der Waals surface area (Å²) in [6.45, 7) is 0.503. The summed E-state index contributed by atoms with van der Waals surface area (Å²) in [4.78, 5) is 0. The number of halogens is 2. The lowest BCUT2D eigenvalue weighted by Crippen LogP contribution is -2.29. The fraction of sp³-hybridized carbons (Fsp3) is 0.500. The molecule has 1 aliphatic rings.